The van der Waals surface area contributed by atoms with E-state index in [2.05, 4.69) is 0 Å². The fourth-order valence-electron chi connectivity index (χ4n) is 1.94. The summed E-state index contributed by atoms with van der Waals surface area (Å²) in [6.45, 7) is 0. The zero-order chi connectivity index (χ0) is 14.7. The molecule has 0 amide bonds. The number of furan rings is 1. The zero-order valence-electron chi connectivity index (χ0n) is 11.3. The van der Waals surface area contributed by atoms with Crippen LogP contribution in [0.25, 0.3) is 0 Å². The molecule has 108 valence electrons. The molecule has 2 rings (SSSR count). The van der Waals surface area contributed by atoms with E-state index in [9.17, 15) is 0 Å². The third-order valence-corrected chi connectivity index (χ3v) is 3.50. The molecular formula is C14H14Cl2O4. The van der Waals surface area contributed by atoms with Crippen molar-refractivity contribution in [3.05, 3.63) is 40.8 Å². The van der Waals surface area contributed by atoms with E-state index in [4.69, 9.17) is 41.8 Å². The van der Waals surface area contributed by atoms with E-state index in [-0.39, 0.29) is 5.22 Å². The van der Waals surface area contributed by atoms with Gasteiger partial charge in [0.05, 0.1) is 21.3 Å². The molecule has 0 aliphatic heterocycles. The van der Waals surface area contributed by atoms with Gasteiger partial charge < -0.3 is 18.6 Å². The van der Waals surface area contributed by atoms with Crippen LogP contribution in [0.4, 0.5) is 0 Å². The first-order chi connectivity index (χ1) is 9.62. The highest BCUT2D eigenvalue weighted by atomic mass is 35.5. The molecule has 1 aromatic carbocycles. The molecule has 0 radical (unpaired) electrons. The predicted octanol–water partition coefficient (Wildman–Crippen LogP) is 4.29. The van der Waals surface area contributed by atoms with Crippen LogP contribution in [0, 0.1) is 0 Å². The molecule has 1 heterocycles. The Morgan fingerprint density at radius 3 is 2.15 bits per heavy atom. The van der Waals surface area contributed by atoms with E-state index in [1.165, 1.54) is 7.11 Å². The highest BCUT2D eigenvalue weighted by Crippen LogP contribution is 2.45. The molecule has 6 heteroatoms. The average molecular weight is 317 g/mol. The van der Waals surface area contributed by atoms with Gasteiger partial charge in [0.25, 0.3) is 0 Å². The van der Waals surface area contributed by atoms with Gasteiger partial charge in [0.15, 0.2) is 16.7 Å². The number of benzene rings is 1. The van der Waals surface area contributed by atoms with Crippen molar-refractivity contribution < 1.29 is 18.6 Å². The van der Waals surface area contributed by atoms with Gasteiger partial charge in [-0.05, 0) is 35.9 Å². The molecule has 0 saturated carbocycles. The van der Waals surface area contributed by atoms with Gasteiger partial charge in [0, 0.05) is 5.56 Å². The van der Waals surface area contributed by atoms with Crippen LogP contribution in [0.15, 0.2) is 28.7 Å². The van der Waals surface area contributed by atoms with Gasteiger partial charge in [-0.1, -0.05) is 0 Å². The van der Waals surface area contributed by atoms with E-state index in [0.29, 0.717) is 28.6 Å². The van der Waals surface area contributed by atoms with Gasteiger partial charge in [-0.3, -0.25) is 0 Å². The minimum atomic E-state index is -0.544. The van der Waals surface area contributed by atoms with Crippen molar-refractivity contribution in [2.75, 3.05) is 21.3 Å². The highest BCUT2D eigenvalue weighted by molar-refractivity contribution is 6.29. The standard InChI is InChI=1S/C14H14Cl2O4/c1-17-10-5-4-8(13(18-2)14(10)19-3)12(16)9-6-7-11(15)20-9/h4-7,12H,1-3H3. The maximum Gasteiger partial charge on any atom is 0.203 e. The van der Waals surface area contributed by atoms with E-state index in [1.807, 2.05) is 0 Å². The van der Waals surface area contributed by atoms with Gasteiger partial charge in [0.1, 0.15) is 11.1 Å². The SMILES string of the molecule is COc1ccc(C(Cl)c2ccc(Cl)o2)c(OC)c1OC. The zero-order valence-corrected chi connectivity index (χ0v) is 12.8. The summed E-state index contributed by atoms with van der Waals surface area (Å²) in [5, 5.41) is -0.262. The number of methoxy groups -OCH3 is 3. The quantitative estimate of drug-likeness (QED) is 0.772. The van der Waals surface area contributed by atoms with Crippen molar-refractivity contribution in [1.29, 1.82) is 0 Å². The molecule has 0 saturated heterocycles. The predicted molar refractivity (Wildman–Crippen MR) is 77.5 cm³/mol. The summed E-state index contributed by atoms with van der Waals surface area (Å²) >= 11 is 12.2. The molecule has 20 heavy (non-hydrogen) atoms. The fraction of sp³-hybridized carbons (Fsp3) is 0.286. The molecule has 1 aromatic heterocycles. The normalized spacial score (nSPS) is 12.1. The molecule has 0 fully saturated rings. The Labute approximate surface area is 127 Å². The molecule has 1 unspecified atom stereocenters. The first-order valence-electron chi connectivity index (χ1n) is 5.80. The largest absolute Gasteiger partial charge is 0.493 e. The van der Waals surface area contributed by atoms with Crippen LogP contribution in [0.2, 0.25) is 5.22 Å². The van der Waals surface area contributed by atoms with Crippen molar-refractivity contribution in [2.24, 2.45) is 0 Å². The number of ether oxygens (including phenoxy) is 3. The molecule has 0 bridgehead atoms. The summed E-state index contributed by atoms with van der Waals surface area (Å²) in [6.07, 6.45) is 0. The molecular weight excluding hydrogens is 303 g/mol. The first kappa shape index (κ1) is 14.9. The third-order valence-electron chi connectivity index (χ3n) is 2.85. The summed E-state index contributed by atoms with van der Waals surface area (Å²) in [5.74, 6) is 2.08. The van der Waals surface area contributed by atoms with Crippen LogP contribution in [0.3, 0.4) is 0 Å². The lowest BCUT2D eigenvalue weighted by molar-refractivity contribution is 0.322. The van der Waals surface area contributed by atoms with Crippen molar-refractivity contribution in [2.45, 2.75) is 5.38 Å². The van der Waals surface area contributed by atoms with Crippen molar-refractivity contribution >= 4 is 23.2 Å². The molecule has 0 aliphatic carbocycles. The average Bonchev–Trinajstić information content (AvgIpc) is 2.91. The van der Waals surface area contributed by atoms with Gasteiger partial charge in [-0.15, -0.1) is 11.6 Å². The maximum atomic E-state index is 6.42. The lowest BCUT2D eigenvalue weighted by Crippen LogP contribution is -2.01. The number of hydrogen-bond acceptors (Lipinski definition) is 4. The minimum Gasteiger partial charge on any atom is -0.493 e. The second-order valence-corrected chi connectivity index (χ2v) is 4.74. The first-order valence-corrected chi connectivity index (χ1v) is 6.62. The van der Waals surface area contributed by atoms with E-state index < -0.39 is 5.38 Å². The fourth-order valence-corrected chi connectivity index (χ4v) is 2.38. The molecule has 0 N–H and O–H groups in total. The number of alkyl halides is 1. The topological polar surface area (TPSA) is 40.8 Å². The van der Waals surface area contributed by atoms with E-state index in [0.717, 1.165) is 0 Å². The summed E-state index contributed by atoms with van der Waals surface area (Å²) < 4.78 is 21.3. The van der Waals surface area contributed by atoms with Crippen molar-refractivity contribution in [3.63, 3.8) is 0 Å². The lowest BCUT2D eigenvalue weighted by Gasteiger charge is -2.17. The van der Waals surface area contributed by atoms with Gasteiger partial charge in [0.2, 0.25) is 5.75 Å². The van der Waals surface area contributed by atoms with E-state index in [1.54, 1.807) is 38.5 Å². The van der Waals surface area contributed by atoms with Gasteiger partial charge >= 0.3 is 0 Å². The van der Waals surface area contributed by atoms with Crippen LogP contribution in [0.5, 0.6) is 17.2 Å². The van der Waals surface area contributed by atoms with Crippen LogP contribution in [-0.4, -0.2) is 21.3 Å². The maximum absolute atomic E-state index is 6.42. The Morgan fingerprint density at radius 1 is 0.950 bits per heavy atom. The van der Waals surface area contributed by atoms with E-state index >= 15 is 0 Å². The number of halogens is 2. The van der Waals surface area contributed by atoms with Gasteiger partial charge in [-0.2, -0.15) is 0 Å². The molecule has 0 spiro atoms. The smallest absolute Gasteiger partial charge is 0.203 e. The number of hydrogen-bond donors (Lipinski definition) is 0. The summed E-state index contributed by atoms with van der Waals surface area (Å²) in [5.41, 5.74) is 0.706. The van der Waals surface area contributed by atoms with Crippen LogP contribution in [0.1, 0.15) is 16.7 Å². The molecule has 0 aliphatic rings. The highest BCUT2D eigenvalue weighted by Gasteiger charge is 2.24. The Balaban J connectivity index is 2.51. The summed E-state index contributed by atoms with van der Waals surface area (Å²) in [7, 11) is 4.64. The van der Waals surface area contributed by atoms with Crippen molar-refractivity contribution in [1.82, 2.24) is 0 Å². The Hall–Kier alpha value is -1.52. The Bertz CT molecular complexity index is 595. The van der Waals surface area contributed by atoms with Crippen LogP contribution in [-0.2, 0) is 0 Å². The molecule has 4 nitrogen and oxygen atoms in total. The Morgan fingerprint density at radius 2 is 1.65 bits per heavy atom. The second-order valence-electron chi connectivity index (χ2n) is 3.93. The third kappa shape index (κ3) is 2.67. The summed E-state index contributed by atoms with van der Waals surface area (Å²) in [6, 6.07) is 6.92. The molecule has 1 atom stereocenters. The molecule has 2 aromatic rings. The second kappa shape index (κ2) is 6.29. The minimum absolute atomic E-state index is 0.282. The Kier molecular flexibility index (Phi) is 4.68. The number of rotatable bonds is 5. The van der Waals surface area contributed by atoms with Crippen LogP contribution < -0.4 is 14.2 Å². The van der Waals surface area contributed by atoms with Gasteiger partial charge in [-0.25, -0.2) is 0 Å². The lowest BCUT2D eigenvalue weighted by atomic mass is 10.1. The summed E-state index contributed by atoms with van der Waals surface area (Å²) in [4.78, 5) is 0. The monoisotopic (exact) mass is 316 g/mol. The van der Waals surface area contributed by atoms with Crippen LogP contribution >= 0.6 is 23.2 Å². The van der Waals surface area contributed by atoms with Crippen molar-refractivity contribution in [3.8, 4) is 17.2 Å².